The number of nitrogens with one attached hydrogen (secondary N) is 2. The van der Waals surface area contributed by atoms with E-state index in [4.69, 9.17) is 10.4 Å². The highest BCUT2D eigenvalue weighted by molar-refractivity contribution is 5.52. The Kier molecular flexibility index (Phi) is 13.9. The first-order valence-corrected chi connectivity index (χ1v) is 4.69. The van der Waals surface area contributed by atoms with E-state index in [0.29, 0.717) is 12.0 Å². The molecule has 0 saturated carbocycles. The van der Waals surface area contributed by atoms with Gasteiger partial charge in [0.2, 0.25) is 0 Å². The fourth-order valence-electron chi connectivity index (χ4n) is 0.742. The van der Waals surface area contributed by atoms with Gasteiger partial charge >= 0.3 is 0 Å². The highest BCUT2D eigenvalue weighted by Crippen LogP contribution is 2.07. The Bertz CT molecular complexity index is 344. The van der Waals surface area contributed by atoms with Gasteiger partial charge in [-0.1, -0.05) is 0 Å². The number of aliphatic hydroxyl groups is 1. The third-order valence-electron chi connectivity index (χ3n) is 1.47. The maximum Gasteiger partial charge on any atom is 0.253 e. The normalized spacial score (nSPS) is 7.18. The molecule has 0 radical (unpaired) electrons. The highest BCUT2D eigenvalue weighted by atomic mass is 16.3. The van der Waals surface area contributed by atoms with Crippen LogP contribution in [0.25, 0.3) is 0 Å². The van der Waals surface area contributed by atoms with E-state index in [1.54, 1.807) is 23.4 Å². The fourth-order valence-corrected chi connectivity index (χ4v) is 0.742. The first kappa shape index (κ1) is 17.1. The molecular formula is C11H16N3O3+. The molecule has 0 spiro atoms. The van der Waals surface area contributed by atoms with E-state index in [9.17, 15) is 9.70 Å². The molecule has 0 fully saturated rings. The Balaban J connectivity index is 0. The van der Waals surface area contributed by atoms with Gasteiger partial charge in [0, 0.05) is 42.1 Å². The minimum absolute atomic E-state index is 0.0139. The lowest BCUT2D eigenvalue weighted by Gasteiger charge is -1.94. The summed E-state index contributed by atoms with van der Waals surface area (Å²) in [5, 5.41) is 19.3. The van der Waals surface area contributed by atoms with Gasteiger partial charge in [0.15, 0.2) is 0 Å². The minimum Gasteiger partial charge on any atom is -0.400 e. The number of carbonyl (C=O) groups excluding carboxylic acids is 1. The van der Waals surface area contributed by atoms with Gasteiger partial charge in [-0.25, -0.2) is 0 Å². The van der Waals surface area contributed by atoms with Gasteiger partial charge in [0.25, 0.3) is 5.69 Å². The zero-order chi connectivity index (χ0) is 13.5. The van der Waals surface area contributed by atoms with Crippen LogP contribution >= 0.6 is 0 Å². The predicted molar refractivity (Wildman–Crippen MR) is 64.4 cm³/mol. The zero-order valence-electron chi connectivity index (χ0n) is 9.80. The Morgan fingerprint density at radius 3 is 2.18 bits per heavy atom. The number of hydrogen-bond donors (Lipinski definition) is 3. The van der Waals surface area contributed by atoms with Crippen molar-refractivity contribution in [3.63, 3.8) is 0 Å². The van der Waals surface area contributed by atoms with Gasteiger partial charge in [-0.2, -0.15) is 5.26 Å². The molecule has 0 aliphatic carbocycles. The molecule has 0 bridgehead atoms. The molecule has 6 heteroatoms. The van der Waals surface area contributed by atoms with Crippen LogP contribution < -0.4 is 10.5 Å². The van der Waals surface area contributed by atoms with Crippen molar-refractivity contribution in [3.8, 4) is 6.07 Å². The van der Waals surface area contributed by atoms with Crippen molar-refractivity contribution in [2.75, 3.05) is 19.5 Å². The molecule has 1 aromatic rings. The lowest BCUT2D eigenvalue weighted by molar-refractivity contribution is -0.379. The van der Waals surface area contributed by atoms with Gasteiger partial charge in [0.1, 0.15) is 6.29 Å². The number of aliphatic hydroxyl groups excluding tert-OH is 1. The lowest BCUT2D eigenvalue weighted by Crippen LogP contribution is -2.55. The third-order valence-corrected chi connectivity index (χ3v) is 1.47. The molecule has 17 heavy (non-hydrogen) atoms. The largest absolute Gasteiger partial charge is 0.400 e. The Morgan fingerprint density at radius 2 is 1.94 bits per heavy atom. The second kappa shape index (κ2) is 13.7. The zero-order valence-corrected chi connectivity index (χ0v) is 9.80. The predicted octanol–water partition coefficient (Wildman–Crippen LogP) is -0.0857. The molecule has 0 heterocycles. The van der Waals surface area contributed by atoms with Crippen LogP contribution in [-0.2, 0) is 4.79 Å². The van der Waals surface area contributed by atoms with Crippen molar-refractivity contribution in [3.05, 3.63) is 29.2 Å². The van der Waals surface area contributed by atoms with Crippen LogP contribution in [0, 0.1) is 16.2 Å². The molecule has 3 N–H and O–H groups in total. The third kappa shape index (κ3) is 10.0. The van der Waals surface area contributed by atoms with E-state index in [2.05, 4.69) is 5.32 Å². The maximum atomic E-state index is 10.1. The summed E-state index contributed by atoms with van der Waals surface area (Å²) in [6.07, 6.45) is 0.583. The van der Waals surface area contributed by atoms with Crippen molar-refractivity contribution in [1.29, 1.82) is 5.26 Å². The van der Waals surface area contributed by atoms with Crippen LogP contribution in [-0.4, -0.2) is 25.6 Å². The average Bonchev–Trinajstić information content (AvgIpc) is 2.43. The first-order valence-electron chi connectivity index (χ1n) is 4.69. The molecule has 0 unspecified atom stereocenters. The van der Waals surface area contributed by atoms with E-state index in [1.807, 2.05) is 19.2 Å². The summed E-state index contributed by atoms with van der Waals surface area (Å²) in [5.41, 5.74) is 1.58. The molecule has 0 aromatic heterocycles. The molecule has 0 aliphatic rings. The van der Waals surface area contributed by atoms with Crippen LogP contribution in [0.1, 0.15) is 6.42 Å². The summed E-state index contributed by atoms with van der Waals surface area (Å²) in [5.74, 6) is 0. The number of nitriles is 1. The van der Waals surface area contributed by atoms with Gasteiger partial charge in [-0.15, -0.1) is 0 Å². The molecule has 1 rings (SSSR count). The van der Waals surface area contributed by atoms with Crippen molar-refractivity contribution in [1.82, 2.24) is 0 Å². The first-order chi connectivity index (χ1) is 8.28. The van der Waals surface area contributed by atoms with Crippen molar-refractivity contribution in [2.24, 2.45) is 0 Å². The summed E-state index contributed by atoms with van der Waals surface area (Å²) >= 11 is 0. The highest BCUT2D eigenvalue weighted by Gasteiger charge is 1.94. The fraction of sp³-hybridized carbons (Fsp3) is 0.273. The molecule has 0 saturated heterocycles. The van der Waals surface area contributed by atoms with Crippen molar-refractivity contribution >= 4 is 17.7 Å². The number of nitrogens with zero attached hydrogens (tertiary/aromatic N) is 1. The Morgan fingerprint density at radius 1 is 1.41 bits per heavy atom. The monoisotopic (exact) mass is 238 g/mol. The van der Waals surface area contributed by atoms with E-state index in [0.717, 1.165) is 12.8 Å². The summed E-state index contributed by atoms with van der Waals surface area (Å²) in [4.78, 5) is 19.2. The van der Waals surface area contributed by atoms with E-state index in [1.165, 1.54) is 0 Å². The molecule has 0 atom stereocenters. The smallest absolute Gasteiger partial charge is 0.253 e. The second-order valence-corrected chi connectivity index (χ2v) is 2.46. The van der Waals surface area contributed by atoms with Gasteiger partial charge < -0.3 is 15.2 Å². The Hall–Kier alpha value is -2.26. The Labute approximate surface area is 99.9 Å². The van der Waals surface area contributed by atoms with Crippen LogP contribution in [0.4, 0.5) is 11.4 Å². The summed E-state index contributed by atoms with van der Waals surface area (Å²) in [6, 6.07) is 8.76. The second-order valence-electron chi connectivity index (χ2n) is 2.46. The summed E-state index contributed by atoms with van der Waals surface area (Å²) in [7, 11) is 2.83. The minimum atomic E-state index is 0.0139. The van der Waals surface area contributed by atoms with Crippen LogP contribution in [0.2, 0.25) is 0 Å². The SMILES string of the molecule is CNc1ccc([NH+]=O)cc1.CO.N#CCC=O. The van der Waals surface area contributed by atoms with Crippen LogP contribution in [0.3, 0.4) is 0 Å². The molecule has 1 aromatic carbocycles. The number of nitroso groups, excluding NO2 is 1. The maximum absolute atomic E-state index is 10.1. The number of rotatable bonds is 3. The molecule has 0 aliphatic heterocycles. The van der Waals surface area contributed by atoms with Crippen LogP contribution in [0.15, 0.2) is 24.3 Å². The van der Waals surface area contributed by atoms with Gasteiger partial charge in [0.05, 0.1) is 12.5 Å². The topological polar surface area (TPSA) is 104 Å². The standard InChI is InChI=1S/C7H8N2O.C3H3NO.CH4O/c1-8-6-2-4-7(9-10)5-3-6;4-2-1-3-5;1-2/h2-5,8H,1H3;3H,1H2;2H,1H3/p+1. The summed E-state index contributed by atoms with van der Waals surface area (Å²) < 4.78 is 0. The quantitative estimate of drug-likeness (QED) is 0.639. The van der Waals surface area contributed by atoms with E-state index >= 15 is 0 Å². The van der Waals surface area contributed by atoms with E-state index in [-0.39, 0.29) is 6.42 Å². The van der Waals surface area contributed by atoms with Crippen LogP contribution in [0.5, 0.6) is 0 Å². The molecular weight excluding hydrogens is 222 g/mol. The van der Waals surface area contributed by atoms with Crippen molar-refractivity contribution < 1.29 is 15.1 Å². The van der Waals surface area contributed by atoms with Gasteiger partial charge in [-0.05, 0) is 12.1 Å². The average molecular weight is 238 g/mol. The molecule has 6 nitrogen and oxygen atoms in total. The number of anilines is 1. The lowest BCUT2D eigenvalue weighted by atomic mass is 10.3. The number of hydrogen-bond acceptors (Lipinski definition) is 5. The molecule has 0 amide bonds. The van der Waals surface area contributed by atoms with Crippen molar-refractivity contribution in [2.45, 2.75) is 6.42 Å². The summed E-state index contributed by atoms with van der Waals surface area (Å²) in [6.45, 7) is 0. The number of carbonyl (C=O) groups is 1. The van der Waals surface area contributed by atoms with Gasteiger partial charge in [-0.3, -0.25) is 0 Å². The number of benzene rings is 1. The number of aldehydes is 1. The molecule has 92 valence electrons. The van der Waals surface area contributed by atoms with E-state index < -0.39 is 0 Å².